The first kappa shape index (κ1) is 16.4. The van der Waals surface area contributed by atoms with E-state index in [0.717, 1.165) is 24.5 Å². The Balaban J connectivity index is 1.72. The average molecular weight is 329 g/mol. The third kappa shape index (κ3) is 3.12. The lowest BCUT2D eigenvalue weighted by Gasteiger charge is -2.31. The summed E-state index contributed by atoms with van der Waals surface area (Å²) in [5.41, 5.74) is 6.39. The van der Waals surface area contributed by atoms with Crippen molar-refractivity contribution in [3.05, 3.63) is 41.5 Å². The number of aromatic nitrogens is 3. The van der Waals surface area contributed by atoms with Crippen molar-refractivity contribution >= 4 is 5.91 Å². The molecule has 2 aromatic rings. The second-order valence-electron chi connectivity index (χ2n) is 6.45. The molecule has 0 saturated heterocycles. The monoisotopic (exact) mass is 329 g/mol. The summed E-state index contributed by atoms with van der Waals surface area (Å²) in [6, 6.07) is 7.49. The predicted molar refractivity (Wildman–Crippen MR) is 89.7 cm³/mol. The smallest absolute Gasteiger partial charge is 0.257 e. The maximum Gasteiger partial charge on any atom is 0.257 e. The van der Waals surface area contributed by atoms with E-state index < -0.39 is 0 Å². The Hall–Kier alpha value is -2.41. The minimum absolute atomic E-state index is 0.0901. The van der Waals surface area contributed by atoms with Crippen LogP contribution >= 0.6 is 0 Å². The van der Waals surface area contributed by atoms with E-state index in [1.807, 2.05) is 23.7 Å². The van der Waals surface area contributed by atoms with Crippen molar-refractivity contribution in [2.45, 2.75) is 31.4 Å². The molecule has 1 saturated carbocycles. The van der Waals surface area contributed by atoms with E-state index in [2.05, 4.69) is 10.2 Å². The first-order chi connectivity index (χ1) is 11.5. The number of amides is 1. The highest BCUT2D eigenvalue weighted by molar-refractivity contribution is 5.96. The summed E-state index contributed by atoms with van der Waals surface area (Å²) in [6.07, 6.45) is 1.90. The third-order valence-electron chi connectivity index (χ3n) is 4.42. The zero-order valence-corrected chi connectivity index (χ0v) is 14.3. The summed E-state index contributed by atoms with van der Waals surface area (Å²) in [5.74, 6) is 2.53. The Labute approximate surface area is 141 Å². The van der Waals surface area contributed by atoms with E-state index in [4.69, 9.17) is 10.5 Å². The summed E-state index contributed by atoms with van der Waals surface area (Å²) >= 11 is 0. The first-order valence-corrected chi connectivity index (χ1v) is 8.04. The van der Waals surface area contributed by atoms with Gasteiger partial charge in [-0.15, -0.1) is 10.2 Å². The van der Waals surface area contributed by atoms with Crippen LogP contribution in [-0.4, -0.2) is 45.7 Å². The van der Waals surface area contributed by atoms with E-state index in [1.165, 1.54) is 4.90 Å². The number of nitrogens with two attached hydrogens (primary N) is 1. The molecule has 1 aromatic heterocycles. The van der Waals surface area contributed by atoms with Crippen molar-refractivity contribution in [1.29, 1.82) is 0 Å². The molecule has 0 spiro atoms. The van der Waals surface area contributed by atoms with Crippen LogP contribution in [0.25, 0.3) is 0 Å². The molecule has 1 aromatic carbocycles. The number of nitrogens with zero attached hydrogens (tertiary/aromatic N) is 4. The molecule has 1 aliphatic rings. The molecule has 0 atom stereocenters. The van der Waals surface area contributed by atoms with Gasteiger partial charge in [-0.25, -0.2) is 0 Å². The molecule has 1 fully saturated rings. The standard InChI is InChI=1S/C17H23N5O2/c1-21(2)17(23)13-6-4-5-7-14(13)24-10-15-19-20-16(22(15)3)11-8-12(18)9-11/h4-7,11-12H,8-10,18H2,1-3H3. The molecular weight excluding hydrogens is 306 g/mol. The second-order valence-corrected chi connectivity index (χ2v) is 6.45. The van der Waals surface area contributed by atoms with E-state index in [0.29, 0.717) is 17.2 Å². The molecule has 1 aliphatic carbocycles. The number of rotatable bonds is 5. The van der Waals surface area contributed by atoms with Crippen molar-refractivity contribution in [3.63, 3.8) is 0 Å². The highest BCUT2D eigenvalue weighted by Gasteiger charge is 2.31. The van der Waals surface area contributed by atoms with Crippen LogP contribution in [0.3, 0.4) is 0 Å². The third-order valence-corrected chi connectivity index (χ3v) is 4.42. The molecule has 7 nitrogen and oxygen atoms in total. The molecule has 128 valence electrons. The number of hydrogen-bond donors (Lipinski definition) is 1. The number of para-hydroxylation sites is 1. The lowest BCUT2D eigenvalue weighted by molar-refractivity contribution is 0.0822. The fraction of sp³-hybridized carbons (Fsp3) is 0.471. The van der Waals surface area contributed by atoms with Gasteiger partial charge in [-0.05, 0) is 25.0 Å². The van der Waals surface area contributed by atoms with E-state index in [-0.39, 0.29) is 18.6 Å². The highest BCUT2D eigenvalue weighted by Crippen LogP contribution is 2.34. The van der Waals surface area contributed by atoms with Gasteiger partial charge in [0.05, 0.1) is 5.56 Å². The van der Waals surface area contributed by atoms with Gasteiger partial charge in [-0.3, -0.25) is 4.79 Å². The van der Waals surface area contributed by atoms with Gasteiger partial charge in [-0.2, -0.15) is 0 Å². The average Bonchev–Trinajstić information content (AvgIpc) is 2.90. The minimum atomic E-state index is -0.0901. The molecule has 0 unspecified atom stereocenters. The highest BCUT2D eigenvalue weighted by atomic mass is 16.5. The first-order valence-electron chi connectivity index (χ1n) is 8.04. The Morgan fingerprint density at radius 1 is 1.33 bits per heavy atom. The number of hydrogen-bond acceptors (Lipinski definition) is 5. The largest absolute Gasteiger partial charge is 0.485 e. The van der Waals surface area contributed by atoms with E-state index in [9.17, 15) is 4.79 Å². The van der Waals surface area contributed by atoms with Crippen LogP contribution < -0.4 is 10.5 Å². The number of carbonyl (C=O) groups is 1. The molecule has 7 heteroatoms. The van der Waals surface area contributed by atoms with Crippen LogP contribution in [0.2, 0.25) is 0 Å². The molecule has 3 rings (SSSR count). The molecular formula is C17H23N5O2. The Bertz CT molecular complexity index is 734. The van der Waals surface area contributed by atoms with Crippen molar-refractivity contribution in [1.82, 2.24) is 19.7 Å². The summed E-state index contributed by atoms with van der Waals surface area (Å²) in [7, 11) is 5.38. The lowest BCUT2D eigenvalue weighted by Crippen LogP contribution is -2.36. The Kier molecular flexibility index (Phi) is 4.53. The van der Waals surface area contributed by atoms with Gasteiger partial charge in [0.15, 0.2) is 5.82 Å². The fourth-order valence-electron chi connectivity index (χ4n) is 2.88. The summed E-state index contributed by atoms with van der Waals surface area (Å²) in [6.45, 7) is 0.264. The Morgan fingerprint density at radius 3 is 2.71 bits per heavy atom. The van der Waals surface area contributed by atoms with Crippen LogP contribution in [0.4, 0.5) is 0 Å². The maximum absolute atomic E-state index is 12.2. The number of carbonyl (C=O) groups excluding carboxylic acids is 1. The van der Waals surface area contributed by atoms with Crippen LogP contribution in [-0.2, 0) is 13.7 Å². The zero-order chi connectivity index (χ0) is 17.3. The van der Waals surface area contributed by atoms with Crippen LogP contribution in [0.15, 0.2) is 24.3 Å². The van der Waals surface area contributed by atoms with Crippen molar-refractivity contribution < 1.29 is 9.53 Å². The van der Waals surface area contributed by atoms with E-state index >= 15 is 0 Å². The molecule has 0 aliphatic heterocycles. The SMILES string of the molecule is CN(C)C(=O)c1ccccc1OCc1nnc(C2CC(N)C2)n1C. The van der Waals surface area contributed by atoms with Crippen molar-refractivity contribution in [3.8, 4) is 5.75 Å². The quantitative estimate of drug-likeness (QED) is 0.893. The molecule has 2 N–H and O–H groups in total. The summed E-state index contributed by atoms with van der Waals surface area (Å²) < 4.78 is 7.81. The second kappa shape index (κ2) is 6.60. The number of ether oxygens (including phenoxy) is 1. The zero-order valence-electron chi connectivity index (χ0n) is 14.3. The number of benzene rings is 1. The van der Waals surface area contributed by atoms with Gasteiger partial charge in [0.1, 0.15) is 18.2 Å². The van der Waals surface area contributed by atoms with Crippen LogP contribution in [0, 0.1) is 0 Å². The van der Waals surface area contributed by atoms with E-state index in [1.54, 1.807) is 26.2 Å². The topological polar surface area (TPSA) is 86.3 Å². The predicted octanol–water partition coefficient (Wildman–Crippen LogP) is 1.30. The van der Waals surface area contributed by atoms with Gasteiger partial charge in [0, 0.05) is 33.1 Å². The molecule has 1 heterocycles. The van der Waals surface area contributed by atoms with Crippen LogP contribution in [0.1, 0.15) is 40.8 Å². The van der Waals surface area contributed by atoms with Gasteiger partial charge in [0.2, 0.25) is 0 Å². The fourth-order valence-corrected chi connectivity index (χ4v) is 2.88. The maximum atomic E-state index is 12.2. The molecule has 24 heavy (non-hydrogen) atoms. The molecule has 0 bridgehead atoms. The molecule has 1 amide bonds. The Morgan fingerprint density at radius 2 is 2.04 bits per heavy atom. The molecule has 0 radical (unpaired) electrons. The van der Waals surface area contributed by atoms with Crippen molar-refractivity contribution in [2.75, 3.05) is 14.1 Å². The van der Waals surface area contributed by atoms with Crippen molar-refractivity contribution in [2.24, 2.45) is 12.8 Å². The van der Waals surface area contributed by atoms with Gasteiger partial charge in [0.25, 0.3) is 5.91 Å². The normalized spacial score (nSPS) is 19.7. The van der Waals surface area contributed by atoms with Gasteiger partial charge < -0.3 is 19.9 Å². The lowest BCUT2D eigenvalue weighted by atomic mass is 9.80. The van der Waals surface area contributed by atoms with Gasteiger partial charge in [-0.1, -0.05) is 12.1 Å². The minimum Gasteiger partial charge on any atom is -0.485 e. The summed E-state index contributed by atoms with van der Waals surface area (Å²) in [5, 5.41) is 8.49. The summed E-state index contributed by atoms with van der Waals surface area (Å²) in [4.78, 5) is 13.7. The van der Waals surface area contributed by atoms with Crippen LogP contribution in [0.5, 0.6) is 5.75 Å². The van der Waals surface area contributed by atoms with Gasteiger partial charge >= 0.3 is 0 Å².